The van der Waals surface area contributed by atoms with Gasteiger partial charge in [0.25, 0.3) is 0 Å². The molecule has 1 heterocycles. The number of rotatable bonds is 8. The summed E-state index contributed by atoms with van der Waals surface area (Å²) in [7, 11) is -0.387. The third-order valence-electron chi connectivity index (χ3n) is 8.58. The summed E-state index contributed by atoms with van der Waals surface area (Å²) >= 11 is 0. The summed E-state index contributed by atoms with van der Waals surface area (Å²) in [5.41, 5.74) is 3.10. The average Bonchev–Trinajstić information content (AvgIpc) is 2.84. The molecule has 2 aromatic rings. The van der Waals surface area contributed by atoms with Crippen LogP contribution in [0.3, 0.4) is 0 Å². The van der Waals surface area contributed by atoms with Gasteiger partial charge in [-0.05, 0) is 78.2 Å². The molecule has 180 valence electrons. The number of halogens is 2. The summed E-state index contributed by atoms with van der Waals surface area (Å²) in [5, 5.41) is 0. The minimum atomic E-state index is -0.789. The van der Waals surface area contributed by atoms with E-state index in [2.05, 4.69) is 38.1 Å². The highest BCUT2D eigenvalue weighted by Gasteiger charge is 2.26. The first-order valence-electron chi connectivity index (χ1n) is 13.5. The zero-order chi connectivity index (χ0) is 23.2. The van der Waals surface area contributed by atoms with Crippen molar-refractivity contribution < 1.29 is 8.78 Å². The lowest BCUT2D eigenvalue weighted by molar-refractivity contribution is 0.280. The molecule has 0 amide bonds. The Morgan fingerprint density at radius 2 is 1.36 bits per heavy atom. The Kier molecular flexibility index (Phi) is 8.79. The highest BCUT2D eigenvalue weighted by molar-refractivity contribution is 6.58. The molecule has 33 heavy (non-hydrogen) atoms. The van der Waals surface area contributed by atoms with Gasteiger partial charge in [0.2, 0.25) is 0 Å². The Labute approximate surface area is 201 Å². The molecule has 0 radical (unpaired) electrons. The first-order valence-corrected chi connectivity index (χ1v) is 16.0. The lowest BCUT2D eigenvalue weighted by Gasteiger charge is -2.32. The van der Waals surface area contributed by atoms with Crippen LogP contribution in [-0.2, 0) is 0 Å². The smallest absolute Gasteiger partial charge is 0.159 e. The molecule has 1 aliphatic heterocycles. The van der Waals surface area contributed by atoms with Crippen molar-refractivity contribution in [3.63, 3.8) is 0 Å². The molecule has 1 aliphatic carbocycles. The minimum absolute atomic E-state index is 0.387. The van der Waals surface area contributed by atoms with Gasteiger partial charge in [0.1, 0.15) is 0 Å². The van der Waals surface area contributed by atoms with Gasteiger partial charge in [-0.1, -0.05) is 94.4 Å². The Morgan fingerprint density at radius 1 is 0.758 bits per heavy atom. The zero-order valence-electron chi connectivity index (χ0n) is 20.7. The Hall–Kier alpha value is -1.48. The van der Waals surface area contributed by atoms with Crippen molar-refractivity contribution in [2.45, 2.75) is 95.7 Å². The third-order valence-corrected chi connectivity index (χ3v) is 12.0. The maximum atomic E-state index is 13.6. The van der Waals surface area contributed by atoms with Gasteiger partial charge in [-0.25, -0.2) is 8.78 Å². The molecule has 3 heteroatoms. The van der Waals surface area contributed by atoms with E-state index in [4.69, 9.17) is 0 Å². The van der Waals surface area contributed by atoms with Gasteiger partial charge in [0.15, 0.2) is 11.6 Å². The third kappa shape index (κ3) is 7.01. The van der Waals surface area contributed by atoms with E-state index in [1.807, 2.05) is 0 Å². The SMILES string of the molecule is CC(C)CC[Si@H]1CC[C@H](CC[C@H]2CC[C@H](c3ccc(-c4ccc(F)c(F)c4)cc3)CC2)CC1. The summed E-state index contributed by atoms with van der Waals surface area (Å²) in [5.74, 6) is 1.93. The van der Waals surface area contributed by atoms with E-state index >= 15 is 0 Å². The van der Waals surface area contributed by atoms with Crippen LogP contribution < -0.4 is 0 Å². The van der Waals surface area contributed by atoms with E-state index in [0.29, 0.717) is 5.92 Å². The van der Waals surface area contributed by atoms with Gasteiger partial charge < -0.3 is 0 Å². The fourth-order valence-electron chi connectivity index (χ4n) is 6.26. The molecule has 2 aromatic carbocycles. The Morgan fingerprint density at radius 3 is 1.97 bits per heavy atom. The summed E-state index contributed by atoms with van der Waals surface area (Å²) in [6.07, 6.45) is 12.8. The second-order valence-corrected chi connectivity index (χ2v) is 14.9. The van der Waals surface area contributed by atoms with Gasteiger partial charge in [0, 0.05) is 8.80 Å². The molecule has 1 saturated carbocycles. The molecule has 0 nitrogen and oxygen atoms in total. The first kappa shape index (κ1) is 24.6. The fraction of sp³-hybridized carbons (Fsp3) is 0.600. The second-order valence-electron chi connectivity index (χ2n) is 11.4. The largest absolute Gasteiger partial charge is 0.204 e. The van der Waals surface area contributed by atoms with Gasteiger partial charge in [0.05, 0.1) is 0 Å². The van der Waals surface area contributed by atoms with Crippen molar-refractivity contribution >= 4 is 8.80 Å². The number of hydrogen-bond donors (Lipinski definition) is 0. The molecule has 0 bridgehead atoms. The van der Waals surface area contributed by atoms with E-state index in [1.54, 1.807) is 24.2 Å². The first-order chi connectivity index (χ1) is 16.0. The van der Waals surface area contributed by atoms with Crippen LogP contribution in [0.5, 0.6) is 0 Å². The van der Waals surface area contributed by atoms with Crippen LogP contribution in [0.25, 0.3) is 11.1 Å². The topological polar surface area (TPSA) is 0 Å². The average molecular weight is 469 g/mol. The number of benzene rings is 2. The van der Waals surface area contributed by atoms with Crippen LogP contribution in [0.2, 0.25) is 18.1 Å². The molecular weight excluding hydrogens is 426 g/mol. The second kappa shape index (κ2) is 11.8. The Bertz CT molecular complexity index is 859. The summed E-state index contributed by atoms with van der Waals surface area (Å²) in [4.78, 5) is 0. The molecule has 2 aliphatic rings. The lowest BCUT2D eigenvalue weighted by Crippen LogP contribution is -2.22. The van der Waals surface area contributed by atoms with Crippen LogP contribution in [0.1, 0.15) is 83.1 Å². The van der Waals surface area contributed by atoms with E-state index in [0.717, 1.165) is 28.9 Å². The maximum Gasteiger partial charge on any atom is 0.159 e. The quantitative estimate of drug-likeness (QED) is 0.338. The molecule has 2 fully saturated rings. The fourth-order valence-corrected chi connectivity index (χ4v) is 10.1. The van der Waals surface area contributed by atoms with Crippen LogP contribution >= 0.6 is 0 Å². The Balaban J connectivity index is 1.18. The van der Waals surface area contributed by atoms with Crippen molar-refractivity contribution in [1.29, 1.82) is 0 Å². The molecule has 0 unspecified atom stereocenters. The molecular formula is C30H42F2Si. The normalized spacial score (nSPS) is 26.0. The number of hydrogen-bond acceptors (Lipinski definition) is 0. The van der Waals surface area contributed by atoms with E-state index in [9.17, 15) is 8.78 Å². The molecule has 0 N–H and O–H groups in total. The highest BCUT2D eigenvalue weighted by atomic mass is 28.3. The lowest BCUT2D eigenvalue weighted by atomic mass is 9.76. The van der Waals surface area contributed by atoms with Crippen molar-refractivity contribution in [3.8, 4) is 11.1 Å². The van der Waals surface area contributed by atoms with E-state index < -0.39 is 11.6 Å². The van der Waals surface area contributed by atoms with Gasteiger partial charge in [-0.3, -0.25) is 0 Å². The summed E-state index contributed by atoms with van der Waals surface area (Å²) in [6.45, 7) is 4.75. The standard InChI is InChI=1S/C30H42F2Si/c1-22(2)15-18-33-19-16-24(17-20-33)4-3-23-5-7-25(8-6-23)26-9-11-27(12-10-26)28-13-14-29(31)30(32)21-28/h9-14,21-25,33H,3-8,15-20H2,1-2H3/t23-,24-,25-,33-. The van der Waals surface area contributed by atoms with Gasteiger partial charge >= 0.3 is 0 Å². The molecule has 4 rings (SSSR count). The monoisotopic (exact) mass is 468 g/mol. The van der Waals surface area contributed by atoms with E-state index in [-0.39, 0.29) is 8.80 Å². The van der Waals surface area contributed by atoms with Crippen LogP contribution in [0, 0.1) is 29.4 Å². The molecule has 0 spiro atoms. The minimum Gasteiger partial charge on any atom is -0.204 e. The van der Waals surface area contributed by atoms with Crippen molar-refractivity contribution in [2.75, 3.05) is 0 Å². The van der Waals surface area contributed by atoms with Crippen LogP contribution in [-0.4, -0.2) is 8.80 Å². The predicted molar refractivity (Wildman–Crippen MR) is 139 cm³/mol. The van der Waals surface area contributed by atoms with Gasteiger partial charge in [-0.15, -0.1) is 0 Å². The molecule has 1 saturated heterocycles. The molecule has 0 atom stereocenters. The van der Waals surface area contributed by atoms with Crippen molar-refractivity contribution in [1.82, 2.24) is 0 Å². The van der Waals surface area contributed by atoms with Crippen molar-refractivity contribution in [3.05, 3.63) is 59.7 Å². The van der Waals surface area contributed by atoms with Crippen LogP contribution in [0.4, 0.5) is 8.78 Å². The van der Waals surface area contributed by atoms with Crippen LogP contribution in [0.15, 0.2) is 42.5 Å². The zero-order valence-corrected chi connectivity index (χ0v) is 21.8. The van der Waals surface area contributed by atoms with Crippen molar-refractivity contribution in [2.24, 2.45) is 17.8 Å². The predicted octanol–water partition coefficient (Wildman–Crippen LogP) is 9.37. The highest BCUT2D eigenvalue weighted by Crippen LogP contribution is 2.40. The summed E-state index contributed by atoms with van der Waals surface area (Å²) in [6, 6.07) is 17.5. The molecule has 0 aromatic heterocycles. The summed E-state index contributed by atoms with van der Waals surface area (Å²) < 4.78 is 26.8. The van der Waals surface area contributed by atoms with Gasteiger partial charge in [-0.2, -0.15) is 0 Å². The van der Waals surface area contributed by atoms with E-state index in [1.165, 1.54) is 75.5 Å². The maximum absolute atomic E-state index is 13.6.